The largest absolute Gasteiger partial charge is 0.493 e. The van der Waals surface area contributed by atoms with Crippen LogP contribution in [0.4, 0.5) is 0 Å². The molecule has 0 aliphatic rings. The van der Waals surface area contributed by atoms with Crippen molar-refractivity contribution in [3.8, 4) is 5.75 Å². The molecular weight excluding hydrogens is 250 g/mol. The molecule has 2 aromatic rings. The summed E-state index contributed by atoms with van der Waals surface area (Å²) in [6.45, 7) is 8.85. The molecule has 3 nitrogen and oxygen atoms in total. The van der Waals surface area contributed by atoms with Gasteiger partial charge in [0.1, 0.15) is 5.76 Å². The van der Waals surface area contributed by atoms with Crippen LogP contribution >= 0.6 is 0 Å². The molecule has 2 rings (SSSR count). The normalized spacial score (nSPS) is 14.7. The van der Waals surface area contributed by atoms with Crippen molar-refractivity contribution in [2.45, 2.75) is 46.2 Å². The van der Waals surface area contributed by atoms with E-state index in [-0.39, 0.29) is 6.04 Å². The molecule has 0 fully saturated rings. The minimum Gasteiger partial charge on any atom is -0.493 e. The first-order chi connectivity index (χ1) is 9.51. The fraction of sp³-hybridized carbons (Fsp3) is 0.529. The molecule has 0 spiro atoms. The second-order valence-corrected chi connectivity index (χ2v) is 5.95. The van der Waals surface area contributed by atoms with Crippen LogP contribution < -0.4 is 10.1 Å². The summed E-state index contributed by atoms with van der Waals surface area (Å²) >= 11 is 0. The van der Waals surface area contributed by atoms with Crippen molar-refractivity contribution in [2.24, 2.45) is 5.92 Å². The molecule has 1 aromatic carbocycles. The first kappa shape index (κ1) is 14.9. The fourth-order valence-corrected chi connectivity index (χ4v) is 2.71. The summed E-state index contributed by atoms with van der Waals surface area (Å²) in [7, 11) is 1.67. The topological polar surface area (TPSA) is 34.4 Å². The third-order valence-electron chi connectivity index (χ3n) is 3.53. The third-order valence-corrected chi connectivity index (χ3v) is 3.53. The van der Waals surface area contributed by atoms with E-state index >= 15 is 0 Å². The van der Waals surface area contributed by atoms with Crippen molar-refractivity contribution >= 4 is 11.0 Å². The van der Waals surface area contributed by atoms with E-state index in [0.29, 0.717) is 12.0 Å². The molecular formula is C17H25NO2. The van der Waals surface area contributed by atoms with Crippen LogP contribution in [0.1, 0.15) is 45.9 Å². The minimum atomic E-state index is 0.195. The maximum Gasteiger partial charge on any atom is 0.176 e. The SMILES string of the molecule is COc1cccc2cc(C(C)NC(C)CC(C)C)oc12. The van der Waals surface area contributed by atoms with E-state index in [1.165, 1.54) is 0 Å². The van der Waals surface area contributed by atoms with Crippen LogP contribution in [0.15, 0.2) is 28.7 Å². The predicted octanol–water partition coefficient (Wildman–Crippen LogP) is 4.53. The van der Waals surface area contributed by atoms with Gasteiger partial charge in [-0.05, 0) is 38.3 Å². The van der Waals surface area contributed by atoms with Gasteiger partial charge in [-0.15, -0.1) is 0 Å². The van der Waals surface area contributed by atoms with Crippen LogP contribution in [0.2, 0.25) is 0 Å². The van der Waals surface area contributed by atoms with E-state index in [4.69, 9.17) is 9.15 Å². The van der Waals surface area contributed by atoms with Gasteiger partial charge < -0.3 is 14.5 Å². The lowest BCUT2D eigenvalue weighted by Crippen LogP contribution is -2.29. The molecule has 0 radical (unpaired) electrons. The molecule has 2 unspecified atom stereocenters. The lowest BCUT2D eigenvalue weighted by molar-refractivity contribution is 0.367. The van der Waals surface area contributed by atoms with Crippen LogP contribution in [-0.2, 0) is 0 Å². The lowest BCUT2D eigenvalue weighted by atomic mass is 10.0. The molecule has 3 heteroatoms. The van der Waals surface area contributed by atoms with Crippen LogP contribution in [0.3, 0.4) is 0 Å². The van der Waals surface area contributed by atoms with Crippen molar-refractivity contribution in [1.29, 1.82) is 0 Å². The average Bonchev–Trinajstić information content (AvgIpc) is 2.81. The number of furan rings is 1. The van der Waals surface area contributed by atoms with E-state index in [1.54, 1.807) is 7.11 Å². The van der Waals surface area contributed by atoms with Gasteiger partial charge in [-0.1, -0.05) is 26.0 Å². The lowest BCUT2D eigenvalue weighted by Gasteiger charge is -2.20. The molecule has 1 aromatic heterocycles. The van der Waals surface area contributed by atoms with E-state index < -0.39 is 0 Å². The Bertz CT molecular complexity index is 559. The summed E-state index contributed by atoms with van der Waals surface area (Å²) in [6, 6.07) is 8.72. The Balaban J connectivity index is 2.16. The molecule has 1 N–H and O–H groups in total. The zero-order chi connectivity index (χ0) is 14.7. The van der Waals surface area contributed by atoms with E-state index in [9.17, 15) is 0 Å². The Morgan fingerprint density at radius 2 is 1.95 bits per heavy atom. The smallest absolute Gasteiger partial charge is 0.176 e. The monoisotopic (exact) mass is 275 g/mol. The molecule has 0 bridgehead atoms. The Hall–Kier alpha value is -1.48. The number of ether oxygens (including phenoxy) is 1. The summed E-state index contributed by atoms with van der Waals surface area (Å²) in [6.07, 6.45) is 1.16. The summed E-state index contributed by atoms with van der Waals surface area (Å²) in [4.78, 5) is 0. The second kappa shape index (κ2) is 6.31. The van der Waals surface area contributed by atoms with Gasteiger partial charge in [-0.2, -0.15) is 0 Å². The van der Waals surface area contributed by atoms with Crippen molar-refractivity contribution in [3.63, 3.8) is 0 Å². The molecule has 110 valence electrons. The van der Waals surface area contributed by atoms with Crippen molar-refractivity contribution in [2.75, 3.05) is 7.11 Å². The van der Waals surface area contributed by atoms with Crippen LogP contribution in [0.25, 0.3) is 11.0 Å². The fourth-order valence-electron chi connectivity index (χ4n) is 2.71. The summed E-state index contributed by atoms with van der Waals surface area (Å²) in [5, 5.41) is 4.68. The molecule has 0 amide bonds. The summed E-state index contributed by atoms with van der Waals surface area (Å²) < 4.78 is 11.3. The Morgan fingerprint density at radius 3 is 2.60 bits per heavy atom. The zero-order valence-corrected chi connectivity index (χ0v) is 13.1. The highest BCUT2D eigenvalue weighted by Gasteiger charge is 2.16. The Morgan fingerprint density at radius 1 is 1.20 bits per heavy atom. The highest BCUT2D eigenvalue weighted by Crippen LogP contribution is 2.31. The Labute approximate surface area is 121 Å². The predicted molar refractivity (Wildman–Crippen MR) is 83.2 cm³/mol. The highest BCUT2D eigenvalue weighted by atomic mass is 16.5. The summed E-state index contributed by atoms with van der Waals surface area (Å²) in [5.41, 5.74) is 0.829. The quantitative estimate of drug-likeness (QED) is 0.841. The molecule has 0 aliphatic heterocycles. The van der Waals surface area contributed by atoms with Gasteiger partial charge in [0.25, 0.3) is 0 Å². The van der Waals surface area contributed by atoms with E-state index in [0.717, 1.165) is 28.9 Å². The molecule has 20 heavy (non-hydrogen) atoms. The first-order valence-corrected chi connectivity index (χ1v) is 7.33. The molecule has 0 saturated heterocycles. The maximum absolute atomic E-state index is 5.97. The van der Waals surface area contributed by atoms with Crippen molar-refractivity contribution in [3.05, 3.63) is 30.0 Å². The summed E-state index contributed by atoms with van der Waals surface area (Å²) in [5.74, 6) is 2.44. The number of rotatable bonds is 6. The third kappa shape index (κ3) is 3.34. The van der Waals surface area contributed by atoms with Crippen LogP contribution in [0.5, 0.6) is 5.75 Å². The molecule has 1 heterocycles. The van der Waals surface area contributed by atoms with Crippen molar-refractivity contribution < 1.29 is 9.15 Å². The number of hydrogen-bond acceptors (Lipinski definition) is 3. The number of hydrogen-bond donors (Lipinski definition) is 1. The van der Waals surface area contributed by atoms with Gasteiger partial charge in [0.05, 0.1) is 13.2 Å². The van der Waals surface area contributed by atoms with E-state index in [1.807, 2.05) is 12.1 Å². The first-order valence-electron chi connectivity index (χ1n) is 7.33. The van der Waals surface area contributed by atoms with E-state index in [2.05, 4.69) is 45.1 Å². The number of benzene rings is 1. The van der Waals surface area contributed by atoms with Gasteiger partial charge >= 0.3 is 0 Å². The highest BCUT2D eigenvalue weighted by molar-refractivity contribution is 5.83. The molecule has 0 saturated carbocycles. The van der Waals surface area contributed by atoms with Gasteiger partial charge in [-0.3, -0.25) is 0 Å². The standard InChI is InChI=1S/C17H25NO2/c1-11(2)9-12(3)18-13(4)16-10-14-7-6-8-15(19-5)17(14)20-16/h6-8,10-13,18H,9H2,1-5H3. The number of para-hydroxylation sites is 1. The van der Waals surface area contributed by atoms with Gasteiger partial charge in [0.15, 0.2) is 11.3 Å². The van der Waals surface area contributed by atoms with Crippen molar-refractivity contribution in [1.82, 2.24) is 5.32 Å². The zero-order valence-electron chi connectivity index (χ0n) is 13.1. The van der Waals surface area contributed by atoms with Gasteiger partial charge in [-0.25, -0.2) is 0 Å². The van der Waals surface area contributed by atoms with Crippen LogP contribution in [-0.4, -0.2) is 13.2 Å². The molecule has 2 atom stereocenters. The minimum absolute atomic E-state index is 0.195. The second-order valence-electron chi connectivity index (χ2n) is 5.95. The average molecular weight is 275 g/mol. The Kier molecular flexibility index (Phi) is 4.71. The van der Waals surface area contributed by atoms with Crippen LogP contribution in [0, 0.1) is 5.92 Å². The molecule has 0 aliphatic carbocycles. The number of methoxy groups -OCH3 is 1. The number of nitrogens with one attached hydrogen (secondary N) is 1. The maximum atomic E-state index is 5.97. The van der Waals surface area contributed by atoms with Gasteiger partial charge in [0.2, 0.25) is 0 Å². The van der Waals surface area contributed by atoms with Gasteiger partial charge in [0, 0.05) is 11.4 Å². The number of fused-ring (bicyclic) bond motifs is 1.